The molecule has 7 nitrogen and oxygen atoms in total. The molecule has 1 N–H and O–H groups in total. The van der Waals surface area contributed by atoms with Crippen molar-refractivity contribution in [1.29, 1.82) is 0 Å². The van der Waals surface area contributed by atoms with Gasteiger partial charge in [-0.05, 0) is 23.6 Å². The number of carbonyl (C=O) groups is 1. The molecule has 0 atom stereocenters. The summed E-state index contributed by atoms with van der Waals surface area (Å²) in [5.74, 6) is 0.495. The van der Waals surface area contributed by atoms with Crippen LogP contribution in [0.15, 0.2) is 39.9 Å². The third-order valence-electron chi connectivity index (χ3n) is 3.83. The summed E-state index contributed by atoms with van der Waals surface area (Å²) in [4.78, 5) is 14.1. The summed E-state index contributed by atoms with van der Waals surface area (Å²) >= 11 is 1.15. The molecule has 0 aliphatic heterocycles. The Bertz CT molecular complexity index is 1010. The molecule has 0 saturated heterocycles. The number of aromatic nitrogens is 1. The van der Waals surface area contributed by atoms with Gasteiger partial charge in [-0.1, -0.05) is 6.07 Å². The van der Waals surface area contributed by atoms with E-state index in [1.54, 1.807) is 42.8 Å². The van der Waals surface area contributed by atoms with Crippen LogP contribution in [0.1, 0.15) is 10.5 Å². The molecule has 3 aromatic rings. The van der Waals surface area contributed by atoms with Gasteiger partial charge in [0.1, 0.15) is 16.6 Å². The number of H-pyrrole nitrogens is 1. The maximum atomic E-state index is 12.9. The van der Waals surface area contributed by atoms with Crippen molar-refractivity contribution in [2.45, 2.75) is 4.21 Å². The molecule has 2 aromatic heterocycles. The van der Waals surface area contributed by atoms with Crippen molar-refractivity contribution in [3.8, 4) is 5.75 Å². The van der Waals surface area contributed by atoms with Gasteiger partial charge in [0, 0.05) is 25.6 Å². The Morgan fingerprint density at radius 1 is 1.27 bits per heavy atom. The Morgan fingerprint density at radius 3 is 2.73 bits per heavy atom. The lowest BCUT2D eigenvalue weighted by atomic mass is 10.2. The van der Waals surface area contributed by atoms with Gasteiger partial charge in [-0.15, -0.1) is 11.3 Å². The summed E-state index contributed by atoms with van der Waals surface area (Å²) in [5.41, 5.74) is 1.31. The normalized spacial score (nSPS) is 11.6. The van der Waals surface area contributed by atoms with Crippen LogP contribution in [0.25, 0.3) is 10.9 Å². The Labute approximate surface area is 155 Å². The van der Waals surface area contributed by atoms with E-state index >= 15 is 0 Å². The largest absolute Gasteiger partial charge is 0.491 e. The maximum Gasteiger partial charge on any atom is 0.273 e. The standard InChI is InChI=1S/C17H18N2O5S2/c1-19(26(21,22)16-4-3-7-25-16)15-10-14(24-6-5-23-2)9-12-8-13(11-20)18-17(12)15/h3-4,7-11,18H,5-6H2,1-2H3. The van der Waals surface area contributed by atoms with E-state index in [9.17, 15) is 13.2 Å². The molecule has 26 heavy (non-hydrogen) atoms. The molecule has 0 aliphatic carbocycles. The van der Waals surface area contributed by atoms with Crippen molar-refractivity contribution < 1.29 is 22.7 Å². The second kappa shape index (κ2) is 7.48. The Kier molecular flexibility index (Phi) is 5.30. The zero-order valence-corrected chi connectivity index (χ0v) is 15.9. The topological polar surface area (TPSA) is 88.7 Å². The third-order valence-corrected chi connectivity index (χ3v) is 6.98. The number of nitrogens with one attached hydrogen (secondary N) is 1. The van der Waals surface area contributed by atoms with Crippen LogP contribution < -0.4 is 9.04 Å². The first kappa shape index (κ1) is 18.4. The van der Waals surface area contributed by atoms with Gasteiger partial charge in [0.05, 0.1) is 23.5 Å². The first-order valence-corrected chi connectivity index (χ1v) is 10.1. The van der Waals surface area contributed by atoms with Crippen LogP contribution in [0.2, 0.25) is 0 Å². The lowest BCUT2D eigenvalue weighted by Gasteiger charge is -2.20. The Hall–Kier alpha value is -2.36. The van der Waals surface area contributed by atoms with Gasteiger partial charge >= 0.3 is 0 Å². The number of fused-ring (bicyclic) bond motifs is 1. The van der Waals surface area contributed by atoms with Crippen molar-refractivity contribution in [1.82, 2.24) is 4.98 Å². The molecule has 1 aromatic carbocycles. The number of sulfonamides is 1. The smallest absolute Gasteiger partial charge is 0.273 e. The number of ether oxygens (including phenoxy) is 2. The number of anilines is 1. The molecule has 9 heteroatoms. The minimum absolute atomic E-state index is 0.237. The monoisotopic (exact) mass is 394 g/mol. The summed E-state index contributed by atoms with van der Waals surface area (Å²) in [6, 6.07) is 8.28. The average Bonchev–Trinajstić information content (AvgIpc) is 3.30. The van der Waals surface area contributed by atoms with Crippen molar-refractivity contribution in [3.05, 3.63) is 41.4 Å². The number of aldehydes is 1. The van der Waals surface area contributed by atoms with E-state index in [4.69, 9.17) is 9.47 Å². The van der Waals surface area contributed by atoms with Gasteiger partial charge in [0.2, 0.25) is 0 Å². The Balaban J connectivity index is 2.10. The van der Waals surface area contributed by atoms with E-state index in [0.717, 1.165) is 11.3 Å². The fourth-order valence-electron chi connectivity index (χ4n) is 2.53. The molecular weight excluding hydrogens is 376 g/mol. The van der Waals surface area contributed by atoms with E-state index in [0.29, 0.717) is 47.5 Å². The highest BCUT2D eigenvalue weighted by molar-refractivity contribution is 7.94. The molecule has 0 saturated carbocycles. The molecule has 2 heterocycles. The van der Waals surface area contributed by atoms with Gasteiger partial charge in [-0.2, -0.15) is 0 Å². The number of carbonyl (C=O) groups excluding carboxylic acids is 1. The number of hydrogen-bond donors (Lipinski definition) is 1. The molecule has 3 rings (SSSR count). The summed E-state index contributed by atoms with van der Waals surface area (Å²) in [6.45, 7) is 0.733. The summed E-state index contributed by atoms with van der Waals surface area (Å²) in [6.07, 6.45) is 0.684. The zero-order valence-electron chi connectivity index (χ0n) is 14.3. The van der Waals surface area contributed by atoms with E-state index in [2.05, 4.69) is 4.98 Å². The van der Waals surface area contributed by atoms with Crippen LogP contribution in [0.5, 0.6) is 5.75 Å². The lowest BCUT2D eigenvalue weighted by Crippen LogP contribution is -2.26. The number of rotatable bonds is 8. The van der Waals surface area contributed by atoms with Gasteiger partial charge in [0.25, 0.3) is 10.0 Å². The lowest BCUT2D eigenvalue weighted by molar-refractivity contribution is 0.112. The molecule has 0 bridgehead atoms. The highest BCUT2D eigenvalue weighted by Gasteiger charge is 2.25. The first-order valence-electron chi connectivity index (χ1n) is 7.73. The van der Waals surface area contributed by atoms with E-state index in [-0.39, 0.29) is 4.21 Å². The summed E-state index contributed by atoms with van der Waals surface area (Å²) < 4.78 is 37.8. The highest BCUT2D eigenvalue weighted by atomic mass is 32.2. The molecule has 0 radical (unpaired) electrons. The number of aromatic amines is 1. The second-order valence-corrected chi connectivity index (χ2v) is 8.64. The molecular formula is C17H18N2O5S2. The minimum Gasteiger partial charge on any atom is -0.491 e. The van der Waals surface area contributed by atoms with Crippen LogP contribution in [0, 0.1) is 0 Å². The average molecular weight is 394 g/mol. The number of benzene rings is 1. The fourth-order valence-corrected chi connectivity index (χ4v) is 4.89. The molecule has 0 spiro atoms. The SMILES string of the molecule is COCCOc1cc(N(C)S(=O)(=O)c2cccs2)c2[nH]c(C=O)cc2c1. The quantitative estimate of drug-likeness (QED) is 0.469. The van der Waals surface area contributed by atoms with Crippen LogP contribution in [-0.4, -0.2) is 47.1 Å². The van der Waals surface area contributed by atoms with Crippen LogP contribution in [-0.2, 0) is 14.8 Å². The molecule has 0 aliphatic rings. The van der Waals surface area contributed by atoms with Crippen LogP contribution in [0.4, 0.5) is 5.69 Å². The number of hydrogen-bond acceptors (Lipinski definition) is 6. The zero-order chi connectivity index (χ0) is 18.7. The Morgan fingerprint density at radius 2 is 2.08 bits per heavy atom. The summed E-state index contributed by atoms with van der Waals surface area (Å²) in [7, 11) is -0.669. The van der Waals surface area contributed by atoms with Gasteiger partial charge in [0.15, 0.2) is 6.29 Å². The van der Waals surface area contributed by atoms with Crippen molar-refractivity contribution in [2.24, 2.45) is 0 Å². The highest BCUT2D eigenvalue weighted by Crippen LogP contribution is 2.35. The van der Waals surface area contributed by atoms with E-state index < -0.39 is 10.0 Å². The fraction of sp³-hybridized carbons (Fsp3) is 0.235. The molecule has 138 valence electrons. The van der Waals surface area contributed by atoms with Crippen LogP contribution in [0.3, 0.4) is 0 Å². The first-order chi connectivity index (χ1) is 12.5. The predicted octanol–water partition coefficient (Wildman–Crippen LogP) is 2.89. The van der Waals surface area contributed by atoms with Gasteiger partial charge < -0.3 is 14.5 Å². The van der Waals surface area contributed by atoms with E-state index in [1.165, 1.54) is 11.4 Å². The van der Waals surface area contributed by atoms with Crippen molar-refractivity contribution in [2.75, 3.05) is 31.7 Å². The van der Waals surface area contributed by atoms with Crippen molar-refractivity contribution >= 4 is 44.2 Å². The molecule has 0 unspecified atom stereocenters. The number of nitrogens with zero attached hydrogens (tertiary/aromatic N) is 1. The second-order valence-electron chi connectivity index (χ2n) is 5.50. The molecule has 0 fully saturated rings. The van der Waals surface area contributed by atoms with E-state index in [1.807, 2.05) is 0 Å². The van der Waals surface area contributed by atoms with Crippen molar-refractivity contribution in [3.63, 3.8) is 0 Å². The van der Waals surface area contributed by atoms with Gasteiger partial charge in [-0.3, -0.25) is 9.10 Å². The maximum absolute atomic E-state index is 12.9. The summed E-state index contributed by atoms with van der Waals surface area (Å²) in [5, 5.41) is 2.39. The van der Waals surface area contributed by atoms with Gasteiger partial charge in [-0.25, -0.2) is 8.42 Å². The number of methoxy groups -OCH3 is 1. The molecule has 0 amide bonds. The van der Waals surface area contributed by atoms with Crippen LogP contribution >= 0.6 is 11.3 Å². The minimum atomic E-state index is -3.72. The predicted molar refractivity (Wildman–Crippen MR) is 101 cm³/mol. The third kappa shape index (κ3) is 3.46. The number of thiophene rings is 1.